The average Bonchev–Trinajstić information content (AvgIpc) is 2.92. The number of nitrogens with one attached hydrogen (secondary N) is 1. The summed E-state index contributed by atoms with van der Waals surface area (Å²) in [5.74, 6) is 1.75. The number of likely N-dealkylation sites (tertiary alicyclic amines) is 1. The Morgan fingerprint density at radius 2 is 2.21 bits per heavy atom. The summed E-state index contributed by atoms with van der Waals surface area (Å²) in [6.07, 6.45) is 4.20. The molecule has 1 aliphatic heterocycles. The molecule has 2 unspecified atom stereocenters. The van der Waals surface area contributed by atoms with E-state index in [-0.39, 0.29) is 0 Å². The Kier molecular flexibility index (Phi) is 4.25. The fourth-order valence-electron chi connectivity index (χ4n) is 3.19. The summed E-state index contributed by atoms with van der Waals surface area (Å²) in [5, 5.41) is 6.08. The lowest BCUT2D eigenvalue weighted by atomic mass is 10.1. The molecule has 1 saturated carbocycles. The first-order valence-corrected chi connectivity index (χ1v) is 8.63. The molecule has 0 bridgehead atoms. The molecule has 2 heterocycles. The molecular weight excluding hydrogens is 252 g/mol. The van der Waals surface area contributed by atoms with Crippen molar-refractivity contribution in [1.29, 1.82) is 0 Å². The molecule has 2 fully saturated rings. The van der Waals surface area contributed by atoms with Crippen LogP contribution in [0, 0.1) is 11.8 Å². The van der Waals surface area contributed by atoms with Gasteiger partial charge in [-0.15, -0.1) is 11.3 Å². The van der Waals surface area contributed by atoms with E-state index in [1.54, 1.807) is 4.88 Å². The Morgan fingerprint density at radius 3 is 2.79 bits per heavy atom. The molecule has 1 aliphatic carbocycles. The van der Waals surface area contributed by atoms with Crippen molar-refractivity contribution in [3.05, 3.63) is 22.4 Å². The third-order valence-electron chi connectivity index (χ3n) is 4.62. The molecule has 1 aromatic heterocycles. The zero-order valence-corrected chi connectivity index (χ0v) is 13.0. The molecular formula is C16H26N2S. The van der Waals surface area contributed by atoms with Crippen LogP contribution in [0.5, 0.6) is 0 Å². The highest BCUT2D eigenvalue weighted by Gasteiger charge is 2.33. The normalized spacial score (nSPS) is 26.2. The Labute approximate surface area is 121 Å². The molecule has 0 spiro atoms. The number of rotatable bonds is 6. The van der Waals surface area contributed by atoms with E-state index in [1.165, 1.54) is 38.9 Å². The van der Waals surface area contributed by atoms with Crippen molar-refractivity contribution in [1.82, 2.24) is 10.2 Å². The van der Waals surface area contributed by atoms with Crippen LogP contribution in [0.15, 0.2) is 17.5 Å². The lowest BCUT2D eigenvalue weighted by Gasteiger charge is -2.22. The molecule has 2 nitrogen and oxygen atoms in total. The molecule has 3 rings (SSSR count). The molecule has 106 valence electrons. The summed E-state index contributed by atoms with van der Waals surface area (Å²) in [6, 6.07) is 5.83. The Balaban J connectivity index is 1.51. The highest BCUT2D eigenvalue weighted by Crippen LogP contribution is 2.42. The second-order valence-electron chi connectivity index (χ2n) is 6.48. The van der Waals surface area contributed by atoms with E-state index in [9.17, 15) is 0 Å². The van der Waals surface area contributed by atoms with Crippen molar-refractivity contribution >= 4 is 11.3 Å². The van der Waals surface area contributed by atoms with Gasteiger partial charge in [0.15, 0.2) is 0 Å². The van der Waals surface area contributed by atoms with Crippen LogP contribution in [0.4, 0.5) is 0 Å². The van der Waals surface area contributed by atoms with Gasteiger partial charge in [-0.3, -0.25) is 0 Å². The minimum Gasteiger partial charge on any atom is -0.309 e. The van der Waals surface area contributed by atoms with E-state index in [1.807, 2.05) is 11.3 Å². The molecule has 2 atom stereocenters. The summed E-state index contributed by atoms with van der Waals surface area (Å²) in [7, 11) is 0. The Morgan fingerprint density at radius 1 is 1.37 bits per heavy atom. The van der Waals surface area contributed by atoms with Crippen molar-refractivity contribution in [3.8, 4) is 0 Å². The van der Waals surface area contributed by atoms with Crippen LogP contribution in [-0.4, -0.2) is 30.6 Å². The molecule has 19 heavy (non-hydrogen) atoms. The fraction of sp³-hybridized carbons (Fsp3) is 0.750. The monoisotopic (exact) mass is 278 g/mol. The minimum atomic E-state index is 0.632. The van der Waals surface area contributed by atoms with E-state index >= 15 is 0 Å². The summed E-state index contributed by atoms with van der Waals surface area (Å²) < 4.78 is 0. The summed E-state index contributed by atoms with van der Waals surface area (Å²) in [4.78, 5) is 4.16. The summed E-state index contributed by atoms with van der Waals surface area (Å²) in [5.41, 5.74) is 0. The van der Waals surface area contributed by atoms with Gasteiger partial charge in [0.05, 0.1) is 0 Å². The SMILES string of the molecule is CC(C)N1CCC(CNC(c2cccs2)C2CC2)C1. The number of thiophene rings is 1. The van der Waals surface area contributed by atoms with Crippen LogP contribution < -0.4 is 5.32 Å². The first-order chi connectivity index (χ1) is 9.24. The van der Waals surface area contributed by atoms with Gasteiger partial charge in [-0.1, -0.05) is 6.07 Å². The van der Waals surface area contributed by atoms with Crippen LogP contribution in [0.25, 0.3) is 0 Å². The van der Waals surface area contributed by atoms with Crippen molar-refractivity contribution in [3.63, 3.8) is 0 Å². The van der Waals surface area contributed by atoms with Gasteiger partial charge in [-0.05, 0) is 69.5 Å². The van der Waals surface area contributed by atoms with Gasteiger partial charge >= 0.3 is 0 Å². The van der Waals surface area contributed by atoms with E-state index in [2.05, 4.69) is 41.6 Å². The smallest absolute Gasteiger partial charge is 0.0443 e. The molecule has 0 radical (unpaired) electrons. The predicted molar refractivity (Wildman–Crippen MR) is 82.6 cm³/mol. The highest BCUT2D eigenvalue weighted by atomic mass is 32.1. The second kappa shape index (κ2) is 5.94. The molecule has 1 N–H and O–H groups in total. The zero-order valence-electron chi connectivity index (χ0n) is 12.1. The van der Waals surface area contributed by atoms with Gasteiger partial charge in [0.2, 0.25) is 0 Å². The predicted octanol–water partition coefficient (Wildman–Crippen LogP) is 3.52. The van der Waals surface area contributed by atoms with Crippen molar-refractivity contribution in [2.75, 3.05) is 19.6 Å². The van der Waals surface area contributed by atoms with Crippen LogP contribution >= 0.6 is 11.3 Å². The van der Waals surface area contributed by atoms with E-state index in [4.69, 9.17) is 0 Å². The van der Waals surface area contributed by atoms with Gasteiger partial charge < -0.3 is 10.2 Å². The third-order valence-corrected chi connectivity index (χ3v) is 5.57. The van der Waals surface area contributed by atoms with Crippen molar-refractivity contribution in [2.45, 2.75) is 45.2 Å². The Hall–Kier alpha value is -0.380. The van der Waals surface area contributed by atoms with Gasteiger partial charge in [-0.25, -0.2) is 0 Å². The lowest BCUT2D eigenvalue weighted by Crippen LogP contribution is -2.32. The molecule has 0 aromatic carbocycles. The van der Waals surface area contributed by atoms with Crippen LogP contribution in [-0.2, 0) is 0 Å². The third kappa shape index (κ3) is 3.39. The molecule has 1 saturated heterocycles. The number of nitrogens with zero attached hydrogens (tertiary/aromatic N) is 1. The van der Waals surface area contributed by atoms with Crippen molar-refractivity contribution in [2.24, 2.45) is 11.8 Å². The first-order valence-electron chi connectivity index (χ1n) is 7.75. The lowest BCUT2D eigenvalue weighted by molar-refractivity contribution is 0.262. The maximum Gasteiger partial charge on any atom is 0.0443 e. The summed E-state index contributed by atoms with van der Waals surface area (Å²) in [6.45, 7) is 8.40. The molecule has 0 amide bonds. The van der Waals surface area contributed by atoms with Crippen LogP contribution in [0.3, 0.4) is 0 Å². The summed E-state index contributed by atoms with van der Waals surface area (Å²) >= 11 is 1.91. The number of hydrogen-bond acceptors (Lipinski definition) is 3. The molecule has 3 heteroatoms. The molecule has 1 aromatic rings. The molecule has 2 aliphatic rings. The van der Waals surface area contributed by atoms with Gasteiger partial charge in [0.25, 0.3) is 0 Å². The largest absolute Gasteiger partial charge is 0.309 e. The number of hydrogen-bond donors (Lipinski definition) is 1. The van der Waals surface area contributed by atoms with Gasteiger partial charge in [-0.2, -0.15) is 0 Å². The fourth-order valence-corrected chi connectivity index (χ4v) is 4.08. The van der Waals surface area contributed by atoms with Crippen LogP contribution in [0.1, 0.15) is 44.0 Å². The Bertz CT molecular complexity index is 383. The second-order valence-corrected chi connectivity index (χ2v) is 7.46. The first kappa shape index (κ1) is 13.6. The van der Waals surface area contributed by atoms with Crippen LogP contribution in [0.2, 0.25) is 0 Å². The van der Waals surface area contributed by atoms with E-state index in [0.717, 1.165) is 11.8 Å². The van der Waals surface area contributed by atoms with Gasteiger partial charge in [0.1, 0.15) is 0 Å². The standard InChI is InChI=1S/C16H26N2S/c1-12(2)18-8-7-13(11-18)10-17-16(14-5-6-14)15-4-3-9-19-15/h3-4,9,12-14,16-17H,5-8,10-11H2,1-2H3. The quantitative estimate of drug-likeness (QED) is 0.856. The van der Waals surface area contributed by atoms with Gasteiger partial charge in [0, 0.05) is 23.5 Å². The van der Waals surface area contributed by atoms with E-state index < -0.39 is 0 Å². The maximum atomic E-state index is 3.87. The maximum absolute atomic E-state index is 3.87. The van der Waals surface area contributed by atoms with Crippen molar-refractivity contribution < 1.29 is 0 Å². The topological polar surface area (TPSA) is 15.3 Å². The minimum absolute atomic E-state index is 0.632. The average molecular weight is 278 g/mol. The van der Waals surface area contributed by atoms with E-state index in [0.29, 0.717) is 12.1 Å². The highest BCUT2D eigenvalue weighted by molar-refractivity contribution is 7.10. The zero-order chi connectivity index (χ0) is 13.2.